The van der Waals surface area contributed by atoms with Crippen LogP contribution in [-0.4, -0.2) is 70.4 Å². The summed E-state index contributed by atoms with van der Waals surface area (Å²) >= 11 is 0. The van der Waals surface area contributed by atoms with Crippen molar-refractivity contribution in [2.45, 2.75) is 32.0 Å². The molecule has 1 aliphatic rings. The summed E-state index contributed by atoms with van der Waals surface area (Å²) in [6.45, 7) is 2.59. The molecule has 0 radical (unpaired) electrons. The third kappa shape index (κ3) is 4.81. The van der Waals surface area contributed by atoms with Gasteiger partial charge in [0.1, 0.15) is 18.2 Å². The minimum atomic E-state index is -0.265. The zero-order valence-corrected chi connectivity index (χ0v) is 18.2. The number of H-pyrrole nitrogens is 1. The molecule has 32 heavy (non-hydrogen) atoms. The minimum Gasteiger partial charge on any atom is -0.468 e. The summed E-state index contributed by atoms with van der Waals surface area (Å²) in [7, 11) is 3.01. The van der Waals surface area contributed by atoms with Gasteiger partial charge in [0.25, 0.3) is 0 Å². The van der Waals surface area contributed by atoms with Crippen molar-refractivity contribution in [3.63, 3.8) is 0 Å². The number of aromatic amines is 1. The number of carbonyl (C=O) groups excluding carboxylic acids is 1. The van der Waals surface area contributed by atoms with Crippen LogP contribution < -0.4 is 10.4 Å². The number of likely N-dealkylation sites (tertiary alicyclic amines) is 1. The van der Waals surface area contributed by atoms with E-state index >= 15 is 0 Å². The topological polar surface area (TPSA) is 112 Å². The Hall–Kier alpha value is -3.24. The highest BCUT2D eigenvalue weighted by atomic mass is 16.5. The second kappa shape index (κ2) is 9.92. The van der Waals surface area contributed by atoms with Crippen molar-refractivity contribution < 1.29 is 19.0 Å². The Morgan fingerprint density at radius 3 is 2.81 bits per heavy atom. The molecule has 3 heterocycles. The summed E-state index contributed by atoms with van der Waals surface area (Å²) in [5.41, 5.74) is 2.79. The van der Waals surface area contributed by atoms with Crippen molar-refractivity contribution in [2.24, 2.45) is 0 Å². The average molecular weight is 441 g/mol. The Bertz CT molecular complexity index is 1140. The molecule has 0 saturated carbocycles. The molecule has 1 fully saturated rings. The van der Waals surface area contributed by atoms with Gasteiger partial charge in [-0.2, -0.15) is 4.98 Å². The number of rotatable bonds is 9. The third-order valence-corrected chi connectivity index (χ3v) is 5.56. The largest absolute Gasteiger partial charge is 0.468 e. The lowest BCUT2D eigenvalue weighted by Gasteiger charge is -2.22. The highest BCUT2D eigenvalue weighted by molar-refractivity contribution is 5.76. The molecule has 1 saturated heterocycles. The van der Waals surface area contributed by atoms with Gasteiger partial charge in [-0.1, -0.05) is 24.3 Å². The number of nitrogens with zero attached hydrogens (tertiary/aromatic N) is 4. The highest BCUT2D eigenvalue weighted by Gasteiger charge is 2.31. The predicted octanol–water partition coefficient (Wildman–Crippen LogP) is 1.33. The molecule has 0 spiro atoms. The molecule has 170 valence electrons. The summed E-state index contributed by atoms with van der Waals surface area (Å²) in [5.74, 6) is -0.188. The number of imidazole rings is 1. The van der Waals surface area contributed by atoms with E-state index < -0.39 is 0 Å². The van der Waals surface area contributed by atoms with Crippen LogP contribution in [0.2, 0.25) is 0 Å². The van der Waals surface area contributed by atoms with Crippen molar-refractivity contribution in [2.75, 3.05) is 34.0 Å². The first-order valence-electron chi connectivity index (χ1n) is 10.6. The van der Waals surface area contributed by atoms with E-state index in [1.54, 1.807) is 17.9 Å². The summed E-state index contributed by atoms with van der Waals surface area (Å²) in [6, 6.07) is 8.00. The van der Waals surface area contributed by atoms with Gasteiger partial charge in [-0.15, -0.1) is 0 Å². The van der Waals surface area contributed by atoms with Gasteiger partial charge in [-0.3, -0.25) is 14.3 Å². The monoisotopic (exact) mass is 441 g/mol. The fraction of sp³-hybridized carbons (Fsp3) is 0.455. The van der Waals surface area contributed by atoms with E-state index in [9.17, 15) is 9.59 Å². The Morgan fingerprint density at radius 1 is 1.22 bits per heavy atom. The molecule has 1 aromatic carbocycles. The maximum atomic E-state index is 12.5. The first-order valence-corrected chi connectivity index (χ1v) is 10.6. The van der Waals surface area contributed by atoms with E-state index in [1.165, 1.54) is 7.11 Å². The lowest BCUT2D eigenvalue weighted by molar-refractivity contribution is -0.146. The second-order valence-electron chi connectivity index (χ2n) is 7.72. The number of hydrogen-bond acceptors (Lipinski definition) is 8. The van der Waals surface area contributed by atoms with E-state index in [2.05, 4.69) is 25.9 Å². The standard InChI is InChI=1S/C22H27N5O5/c1-30-9-10-32-21-23-12-17-19(25-21)27(22(29)24-17)14-16-6-3-5-15(11-16)13-26-8-4-7-18(26)20(28)31-2/h3,5-6,11-12,18H,4,7-10,13-14H2,1-2H3,(H,24,29)/t18-/m0/s1. The Labute approximate surface area is 185 Å². The maximum absolute atomic E-state index is 12.5. The van der Waals surface area contributed by atoms with Crippen LogP contribution in [0.5, 0.6) is 6.01 Å². The van der Waals surface area contributed by atoms with E-state index in [4.69, 9.17) is 14.2 Å². The van der Waals surface area contributed by atoms with Crippen LogP contribution in [0, 0.1) is 0 Å². The second-order valence-corrected chi connectivity index (χ2v) is 7.72. The van der Waals surface area contributed by atoms with Crippen LogP contribution in [0.1, 0.15) is 24.0 Å². The first-order chi connectivity index (χ1) is 15.6. The number of hydrogen-bond donors (Lipinski definition) is 1. The molecule has 4 rings (SSSR count). The number of fused-ring (bicyclic) bond motifs is 1. The molecule has 0 bridgehead atoms. The average Bonchev–Trinajstić information content (AvgIpc) is 3.38. The minimum absolute atomic E-state index is 0.188. The number of esters is 1. The van der Waals surface area contributed by atoms with Crippen LogP contribution in [0.25, 0.3) is 11.2 Å². The molecule has 1 aliphatic heterocycles. The lowest BCUT2D eigenvalue weighted by atomic mass is 10.1. The highest BCUT2D eigenvalue weighted by Crippen LogP contribution is 2.22. The van der Waals surface area contributed by atoms with Crippen LogP contribution >= 0.6 is 0 Å². The molecule has 0 aliphatic carbocycles. The summed E-state index contributed by atoms with van der Waals surface area (Å²) < 4.78 is 17.0. The molecule has 3 aromatic rings. The summed E-state index contributed by atoms with van der Waals surface area (Å²) in [5, 5.41) is 0. The van der Waals surface area contributed by atoms with Gasteiger partial charge in [-0.05, 0) is 30.5 Å². The zero-order chi connectivity index (χ0) is 22.5. The first kappa shape index (κ1) is 22.0. The Balaban J connectivity index is 1.53. The Morgan fingerprint density at radius 2 is 2.03 bits per heavy atom. The van der Waals surface area contributed by atoms with Crippen LogP contribution in [0.15, 0.2) is 35.3 Å². The molecular weight excluding hydrogens is 414 g/mol. The Kier molecular flexibility index (Phi) is 6.81. The number of benzene rings is 1. The van der Waals surface area contributed by atoms with Gasteiger partial charge >= 0.3 is 17.7 Å². The molecule has 0 amide bonds. The van der Waals surface area contributed by atoms with Crippen LogP contribution in [0.3, 0.4) is 0 Å². The molecule has 0 unspecified atom stereocenters. The predicted molar refractivity (Wildman–Crippen MR) is 117 cm³/mol. The van der Waals surface area contributed by atoms with E-state index in [1.807, 2.05) is 18.2 Å². The number of nitrogens with one attached hydrogen (secondary N) is 1. The SMILES string of the molecule is COCCOc1ncc2[nH]c(=O)n(Cc3cccc(CN4CCC[C@H]4C(=O)OC)c3)c2n1. The maximum Gasteiger partial charge on any atom is 0.328 e. The van der Waals surface area contributed by atoms with Crippen molar-refractivity contribution in [1.29, 1.82) is 0 Å². The number of carbonyl (C=O) groups is 1. The van der Waals surface area contributed by atoms with Crippen molar-refractivity contribution in [3.8, 4) is 6.01 Å². The molecule has 2 aromatic heterocycles. The van der Waals surface area contributed by atoms with Gasteiger partial charge in [0.15, 0.2) is 5.65 Å². The molecule has 1 atom stereocenters. The number of ether oxygens (including phenoxy) is 3. The molecule has 10 heteroatoms. The van der Waals surface area contributed by atoms with Gasteiger partial charge in [0.05, 0.1) is 26.5 Å². The van der Waals surface area contributed by atoms with Crippen molar-refractivity contribution in [3.05, 3.63) is 52.1 Å². The van der Waals surface area contributed by atoms with Gasteiger partial charge in [0.2, 0.25) is 0 Å². The third-order valence-electron chi connectivity index (χ3n) is 5.56. The van der Waals surface area contributed by atoms with Crippen molar-refractivity contribution >= 4 is 17.1 Å². The molecule has 1 N–H and O–H groups in total. The quantitative estimate of drug-likeness (QED) is 0.391. The van der Waals surface area contributed by atoms with Crippen LogP contribution in [-0.2, 0) is 27.4 Å². The van der Waals surface area contributed by atoms with E-state index in [0.29, 0.717) is 37.5 Å². The van der Waals surface area contributed by atoms with E-state index in [0.717, 1.165) is 30.5 Å². The fourth-order valence-electron chi connectivity index (χ4n) is 4.02. The fourth-order valence-corrected chi connectivity index (χ4v) is 4.02. The smallest absolute Gasteiger partial charge is 0.328 e. The van der Waals surface area contributed by atoms with Gasteiger partial charge in [-0.25, -0.2) is 9.78 Å². The normalized spacial score (nSPS) is 16.5. The van der Waals surface area contributed by atoms with Gasteiger partial charge < -0.3 is 19.2 Å². The van der Waals surface area contributed by atoms with E-state index in [-0.39, 0.29) is 23.7 Å². The number of aromatic nitrogens is 4. The summed E-state index contributed by atoms with van der Waals surface area (Å²) in [4.78, 5) is 38.0. The molecule has 10 nitrogen and oxygen atoms in total. The molecular formula is C22H27N5O5. The lowest BCUT2D eigenvalue weighted by Crippen LogP contribution is -2.36. The van der Waals surface area contributed by atoms with Crippen LogP contribution in [0.4, 0.5) is 0 Å². The number of methoxy groups -OCH3 is 2. The van der Waals surface area contributed by atoms with Crippen molar-refractivity contribution in [1.82, 2.24) is 24.4 Å². The zero-order valence-electron chi connectivity index (χ0n) is 18.2. The van der Waals surface area contributed by atoms with Gasteiger partial charge in [0, 0.05) is 13.7 Å². The summed E-state index contributed by atoms with van der Waals surface area (Å²) in [6.07, 6.45) is 3.32.